The molecule has 0 saturated carbocycles. The van der Waals surface area contributed by atoms with Gasteiger partial charge in [0.1, 0.15) is 0 Å². The normalized spacial score (nSPS) is 17.4. The van der Waals surface area contributed by atoms with Crippen LogP contribution in [0.25, 0.3) is 0 Å². The molecule has 1 atom stereocenters. The van der Waals surface area contributed by atoms with Gasteiger partial charge in [0.05, 0.1) is 0 Å². The quantitative estimate of drug-likeness (QED) is 0.810. The highest BCUT2D eigenvalue weighted by atomic mass is 16.1. The lowest BCUT2D eigenvalue weighted by atomic mass is 10.0. The summed E-state index contributed by atoms with van der Waals surface area (Å²) in [6.45, 7) is 3.34. The van der Waals surface area contributed by atoms with Crippen molar-refractivity contribution >= 4 is 17.4 Å². The van der Waals surface area contributed by atoms with Gasteiger partial charge in [-0.05, 0) is 56.1 Å². The number of ketones is 1. The minimum Gasteiger partial charge on any atom is -0.326 e. The lowest BCUT2D eigenvalue weighted by Gasteiger charge is -2.24. The highest BCUT2D eigenvalue weighted by molar-refractivity contribution is 5.95. The number of amides is 1. The Morgan fingerprint density at radius 2 is 1.80 bits per heavy atom. The van der Waals surface area contributed by atoms with E-state index in [1.165, 1.54) is 18.9 Å². The van der Waals surface area contributed by atoms with E-state index < -0.39 is 0 Å². The lowest BCUT2D eigenvalue weighted by Crippen LogP contribution is -2.27. The fourth-order valence-corrected chi connectivity index (χ4v) is 3.40. The van der Waals surface area contributed by atoms with Gasteiger partial charge in [-0.25, -0.2) is 0 Å². The fourth-order valence-electron chi connectivity index (χ4n) is 3.40. The molecule has 0 radical (unpaired) electrons. The molecule has 4 nitrogen and oxygen atoms in total. The molecule has 0 spiro atoms. The third-order valence-electron chi connectivity index (χ3n) is 4.75. The molecule has 1 N–H and O–H groups in total. The maximum Gasteiger partial charge on any atom is 0.225 e. The van der Waals surface area contributed by atoms with Gasteiger partial charge in [0.15, 0.2) is 5.78 Å². The van der Waals surface area contributed by atoms with E-state index in [0.29, 0.717) is 18.0 Å². The second-order valence-electron chi connectivity index (χ2n) is 6.54. The molecule has 4 heteroatoms. The summed E-state index contributed by atoms with van der Waals surface area (Å²) in [5.41, 5.74) is 2.72. The second kappa shape index (κ2) is 8.08. The van der Waals surface area contributed by atoms with Crippen LogP contribution >= 0.6 is 0 Å². The Hall–Kier alpha value is -2.46. The summed E-state index contributed by atoms with van der Waals surface area (Å²) in [6.07, 6.45) is 2.80. The number of carbonyl (C=O) groups excluding carboxylic acids is 2. The van der Waals surface area contributed by atoms with Gasteiger partial charge in [0, 0.05) is 30.3 Å². The summed E-state index contributed by atoms with van der Waals surface area (Å²) in [6, 6.07) is 18.0. The van der Waals surface area contributed by atoms with Gasteiger partial charge in [-0.2, -0.15) is 0 Å². The Morgan fingerprint density at radius 3 is 2.48 bits per heavy atom. The first-order valence-corrected chi connectivity index (χ1v) is 8.83. The minimum absolute atomic E-state index is 0.00860. The Labute approximate surface area is 148 Å². The van der Waals surface area contributed by atoms with E-state index in [-0.39, 0.29) is 11.7 Å². The van der Waals surface area contributed by atoms with Crippen molar-refractivity contribution in [3.8, 4) is 0 Å². The molecule has 1 amide bonds. The number of benzene rings is 2. The van der Waals surface area contributed by atoms with E-state index in [0.717, 1.165) is 25.2 Å². The first-order valence-electron chi connectivity index (χ1n) is 8.83. The molecule has 1 fully saturated rings. The summed E-state index contributed by atoms with van der Waals surface area (Å²) in [4.78, 5) is 25.9. The van der Waals surface area contributed by atoms with E-state index >= 15 is 0 Å². The van der Waals surface area contributed by atoms with Gasteiger partial charge >= 0.3 is 0 Å². The fraction of sp³-hybridized carbons (Fsp3) is 0.333. The van der Waals surface area contributed by atoms with Crippen molar-refractivity contribution in [2.45, 2.75) is 32.2 Å². The molecular weight excluding hydrogens is 312 g/mol. The number of hydrogen-bond acceptors (Lipinski definition) is 3. The van der Waals surface area contributed by atoms with Gasteiger partial charge in [-0.3, -0.25) is 14.5 Å². The molecule has 3 rings (SSSR count). The molecule has 0 aromatic heterocycles. The smallest absolute Gasteiger partial charge is 0.225 e. The molecule has 2 aromatic rings. The zero-order valence-electron chi connectivity index (χ0n) is 14.6. The van der Waals surface area contributed by atoms with Crippen LogP contribution in [0.1, 0.15) is 48.1 Å². The van der Waals surface area contributed by atoms with Crippen molar-refractivity contribution in [1.82, 2.24) is 4.90 Å². The van der Waals surface area contributed by atoms with Crippen molar-refractivity contribution < 1.29 is 9.59 Å². The number of likely N-dealkylation sites (tertiary alicyclic amines) is 1. The third kappa shape index (κ3) is 4.54. The summed E-state index contributed by atoms with van der Waals surface area (Å²) in [7, 11) is 0. The summed E-state index contributed by atoms with van der Waals surface area (Å²) >= 11 is 0. The Bertz CT molecular complexity index is 725. The largest absolute Gasteiger partial charge is 0.326 e. The molecule has 1 saturated heterocycles. The monoisotopic (exact) mass is 336 g/mol. The van der Waals surface area contributed by atoms with E-state index in [4.69, 9.17) is 0 Å². The van der Waals surface area contributed by atoms with Crippen LogP contribution in [-0.4, -0.2) is 29.7 Å². The summed E-state index contributed by atoms with van der Waals surface area (Å²) in [5, 5.41) is 2.91. The molecule has 1 aliphatic rings. The summed E-state index contributed by atoms with van der Waals surface area (Å²) < 4.78 is 0. The second-order valence-corrected chi connectivity index (χ2v) is 6.54. The molecule has 1 heterocycles. The predicted molar refractivity (Wildman–Crippen MR) is 99.7 cm³/mol. The number of anilines is 1. The van der Waals surface area contributed by atoms with E-state index in [9.17, 15) is 9.59 Å². The van der Waals surface area contributed by atoms with Crippen molar-refractivity contribution in [1.29, 1.82) is 0 Å². The highest BCUT2D eigenvalue weighted by Crippen LogP contribution is 2.31. The van der Waals surface area contributed by atoms with Gasteiger partial charge < -0.3 is 5.32 Å². The van der Waals surface area contributed by atoms with E-state index in [1.807, 2.05) is 6.07 Å². The van der Waals surface area contributed by atoms with Crippen LogP contribution in [0.15, 0.2) is 54.6 Å². The van der Waals surface area contributed by atoms with Gasteiger partial charge in [0.25, 0.3) is 0 Å². The molecule has 1 aliphatic heterocycles. The third-order valence-corrected chi connectivity index (χ3v) is 4.75. The van der Waals surface area contributed by atoms with Gasteiger partial charge in [-0.1, -0.05) is 30.3 Å². The maximum atomic E-state index is 12.2. The molecular formula is C21H24N2O2. The SMILES string of the molecule is CC(=O)c1ccc(NC(=O)CCN2CCC[C@@H]2c2ccccc2)cc1. The molecule has 2 aromatic carbocycles. The number of hydrogen-bond donors (Lipinski definition) is 1. The average molecular weight is 336 g/mol. The molecule has 25 heavy (non-hydrogen) atoms. The number of rotatable bonds is 6. The zero-order valence-corrected chi connectivity index (χ0v) is 14.6. The molecule has 130 valence electrons. The molecule has 0 aliphatic carbocycles. The molecule has 0 bridgehead atoms. The van der Waals surface area contributed by atoms with Crippen molar-refractivity contribution in [3.05, 3.63) is 65.7 Å². The zero-order chi connectivity index (χ0) is 17.6. The van der Waals surface area contributed by atoms with Crippen LogP contribution in [0.5, 0.6) is 0 Å². The van der Waals surface area contributed by atoms with Crippen molar-refractivity contribution in [2.75, 3.05) is 18.4 Å². The standard InChI is InChI=1S/C21H24N2O2/c1-16(24)17-9-11-19(12-10-17)22-21(25)13-15-23-14-5-8-20(23)18-6-3-2-4-7-18/h2-4,6-7,9-12,20H,5,8,13-15H2,1H3,(H,22,25)/t20-/m1/s1. The van der Waals surface area contributed by atoms with E-state index in [1.54, 1.807) is 24.3 Å². The van der Waals surface area contributed by atoms with Crippen LogP contribution in [0.4, 0.5) is 5.69 Å². The van der Waals surface area contributed by atoms with Crippen LogP contribution < -0.4 is 5.32 Å². The van der Waals surface area contributed by atoms with Crippen molar-refractivity contribution in [3.63, 3.8) is 0 Å². The first-order chi connectivity index (χ1) is 12.1. The lowest BCUT2D eigenvalue weighted by molar-refractivity contribution is -0.116. The van der Waals surface area contributed by atoms with Crippen molar-refractivity contribution in [2.24, 2.45) is 0 Å². The van der Waals surface area contributed by atoms with Crippen LogP contribution in [0.3, 0.4) is 0 Å². The number of nitrogens with one attached hydrogen (secondary N) is 1. The number of nitrogens with zero attached hydrogens (tertiary/aromatic N) is 1. The van der Waals surface area contributed by atoms with Crippen LogP contribution in [0, 0.1) is 0 Å². The topological polar surface area (TPSA) is 49.4 Å². The Morgan fingerprint density at radius 1 is 1.08 bits per heavy atom. The Kier molecular flexibility index (Phi) is 5.61. The summed E-state index contributed by atoms with van der Waals surface area (Å²) in [5.74, 6) is 0.0353. The Balaban J connectivity index is 1.52. The first kappa shape index (κ1) is 17.4. The average Bonchev–Trinajstić information content (AvgIpc) is 3.10. The predicted octanol–water partition coefficient (Wildman–Crippen LogP) is 4.05. The number of carbonyl (C=O) groups is 2. The maximum absolute atomic E-state index is 12.2. The van der Waals surface area contributed by atoms with Gasteiger partial charge in [0.2, 0.25) is 5.91 Å². The van der Waals surface area contributed by atoms with Gasteiger partial charge in [-0.15, -0.1) is 0 Å². The van der Waals surface area contributed by atoms with Crippen LogP contribution in [-0.2, 0) is 4.79 Å². The van der Waals surface area contributed by atoms with E-state index in [2.05, 4.69) is 34.5 Å². The minimum atomic E-state index is 0.00860. The highest BCUT2D eigenvalue weighted by Gasteiger charge is 2.25. The number of Topliss-reactive ketones (excluding diaryl/α,β-unsaturated/α-hetero) is 1. The van der Waals surface area contributed by atoms with Crippen LogP contribution in [0.2, 0.25) is 0 Å². The molecule has 0 unspecified atom stereocenters.